The Morgan fingerprint density at radius 3 is 2.00 bits per heavy atom. The minimum absolute atomic E-state index is 0.174. The topological polar surface area (TPSA) is 52.6 Å². The zero-order valence-corrected chi connectivity index (χ0v) is 17.6. The van der Waals surface area contributed by atoms with Crippen molar-refractivity contribution < 1.29 is 19.1 Å². The van der Waals surface area contributed by atoms with Gasteiger partial charge in [-0.1, -0.05) is 66.7 Å². The van der Waals surface area contributed by atoms with E-state index in [-0.39, 0.29) is 26.1 Å². The van der Waals surface area contributed by atoms with E-state index < -0.39 is 17.4 Å². The van der Waals surface area contributed by atoms with Crippen LogP contribution < -0.4 is 0 Å². The fourth-order valence-electron chi connectivity index (χ4n) is 3.48. The van der Waals surface area contributed by atoms with Crippen molar-refractivity contribution >= 4 is 11.9 Å². The first-order valence-corrected chi connectivity index (χ1v) is 10.0. The average Bonchev–Trinajstić information content (AvgIpc) is 2.70. The lowest BCUT2D eigenvalue weighted by Gasteiger charge is -2.30. The van der Waals surface area contributed by atoms with Gasteiger partial charge in [0.25, 0.3) is 0 Å². The average molecular weight is 395 g/mol. The van der Waals surface area contributed by atoms with Gasteiger partial charge in [-0.15, -0.1) is 0 Å². The number of hydrogen-bond acceptors (Lipinski definition) is 4. The molecule has 0 radical (unpaired) electrons. The molecule has 4 heteroatoms. The second-order valence-corrected chi connectivity index (χ2v) is 7.22. The highest BCUT2D eigenvalue weighted by Crippen LogP contribution is 2.35. The lowest BCUT2D eigenvalue weighted by Crippen LogP contribution is -2.44. The highest BCUT2D eigenvalue weighted by Gasteiger charge is 2.49. The van der Waals surface area contributed by atoms with Crippen LogP contribution in [0, 0.1) is 12.3 Å². The maximum Gasteiger partial charge on any atom is 0.324 e. The van der Waals surface area contributed by atoms with E-state index in [2.05, 4.69) is 6.58 Å². The van der Waals surface area contributed by atoms with Crippen LogP contribution in [0.3, 0.4) is 0 Å². The zero-order chi connectivity index (χ0) is 21.3. The number of ether oxygens (including phenoxy) is 2. The molecule has 0 amide bonds. The van der Waals surface area contributed by atoms with Crippen molar-refractivity contribution in [1.29, 1.82) is 0 Å². The monoisotopic (exact) mass is 394 g/mol. The van der Waals surface area contributed by atoms with Gasteiger partial charge in [0.05, 0.1) is 13.2 Å². The zero-order valence-electron chi connectivity index (χ0n) is 17.6. The quantitative estimate of drug-likeness (QED) is 0.329. The Kier molecular flexibility index (Phi) is 8.20. The van der Waals surface area contributed by atoms with Crippen molar-refractivity contribution in [3.05, 3.63) is 83.4 Å². The van der Waals surface area contributed by atoms with Gasteiger partial charge in [0.1, 0.15) is 0 Å². The highest BCUT2D eigenvalue weighted by atomic mass is 16.6. The maximum absolute atomic E-state index is 13.1. The molecular formula is C25H30O4. The third-order valence-electron chi connectivity index (χ3n) is 4.93. The molecule has 0 unspecified atom stereocenters. The maximum atomic E-state index is 13.1. The first kappa shape index (κ1) is 22.4. The molecular weight excluding hydrogens is 364 g/mol. The van der Waals surface area contributed by atoms with Crippen LogP contribution >= 0.6 is 0 Å². The summed E-state index contributed by atoms with van der Waals surface area (Å²) in [6.45, 7) is 10.1. The van der Waals surface area contributed by atoms with Gasteiger partial charge in [-0.25, -0.2) is 0 Å². The minimum atomic E-state index is -1.45. The van der Waals surface area contributed by atoms with Gasteiger partial charge < -0.3 is 9.47 Å². The summed E-state index contributed by atoms with van der Waals surface area (Å²) >= 11 is 0. The van der Waals surface area contributed by atoms with E-state index in [1.54, 1.807) is 13.8 Å². The van der Waals surface area contributed by atoms with Gasteiger partial charge in [0, 0.05) is 0 Å². The van der Waals surface area contributed by atoms with Crippen LogP contribution in [0.2, 0.25) is 0 Å². The molecule has 0 aliphatic rings. The van der Waals surface area contributed by atoms with Gasteiger partial charge >= 0.3 is 11.9 Å². The molecule has 0 atom stereocenters. The molecule has 0 spiro atoms. The molecule has 0 bridgehead atoms. The fraction of sp³-hybridized carbons (Fsp3) is 0.360. The standard InChI is InChI=1S/C25H30O4/c1-5-28-23(26)25(24(27)29-6-2,18-21-13-8-7-9-14-21)17-19(3)16-22-15-11-10-12-20(22)4/h7-15H,3,5-6,16-18H2,1-2,4H3. The summed E-state index contributed by atoms with van der Waals surface area (Å²) in [4.78, 5) is 26.2. The molecule has 2 aromatic rings. The van der Waals surface area contributed by atoms with E-state index >= 15 is 0 Å². The summed E-state index contributed by atoms with van der Waals surface area (Å²) in [5, 5.41) is 0. The molecule has 154 valence electrons. The molecule has 0 aliphatic heterocycles. The van der Waals surface area contributed by atoms with Crippen LogP contribution in [0.25, 0.3) is 0 Å². The summed E-state index contributed by atoms with van der Waals surface area (Å²) < 4.78 is 10.7. The molecule has 0 aromatic heterocycles. The van der Waals surface area contributed by atoms with Gasteiger partial charge in [-0.3, -0.25) is 9.59 Å². The summed E-state index contributed by atoms with van der Waals surface area (Å²) in [7, 11) is 0. The van der Waals surface area contributed by atoms with Crippen molar-refractivity contribution in [2.75, 3.05) is 13.2 Å². The minimum Gasteiger partial charge on any atom is -0.465 e. The molecule has 0 heterocycles. The van der Waals surface area contributed by atoms with E-state index in [1.165, 1.54) is 0 Å². The molecule has 4 nitrogen and oxygen atoms in total. The van der Waals surface area contributed by atoms with Crippen LogP contribution in [0.1, 0.15) is 37.0 Å². The van der Waals surface area contributed by atoms with E-state index in [0.29, 0.717) is 6.42 Å². The van der Waals surface area contributed by atoms with Crippen molar-refractivity contribution in [3.8, 4) is 0 Å². The molecule has 0 saturated heterocycles. The largest absolute Gasteiger partial charge is 0.465 e. The number of aryl methyl sites for hydroxylation is 1. The van der Waals surface area contributed by atoms with Gasteiger partial charge in [0.2, 0.25) is 0 Å². The van der Waals surface area contributed by atoms with Gasteiger partial charge in [0.15, 0.2) is 5.41 Å². The number of carbonyl (C=O) groups is 2. The van der Waals surface area contributed by atoms with E-state index in [9.17, 15) is 9.59 Å². The van der Waals surface area contributed by atoms with Crippen LogP contribution in [-0.2, 0) is 31.9 Å². The Bertz CT molecular complexity index is 821. The van der Waals surface area contributed by atoms with E-state index in [1.807, 2.05) is 61.5 Å². The number of benzene rings is 2. The van der Waals surface area contributed by atoms with E-state index in [0.717, 1.165) is 22.3 Å². The Balaban J connectivity index is 2.39. The molecule has 2 rings (SSSR count). The Morgan fingerprint density at radius 2 is 1.45 bits per heavy atom. The summed E-state index contributed by atoms with van der Waals surface area (Å²) in [5.41, 5.74) is 2.48. The van der Waals surface area contributed by atoms with Crippen molar-refractivity contribution in [2.24, 2.45) is 5.41 Å². The van der Waals surface area contributed by atoms with Crippen LogP contribution in [0.5, 0.6) is 0 Å². The lowest BCUT2D eigenvalue weighted by atomic mass is 9.75. The first-order valence-electron chi connectivity index (χ1n) is 10.0. The Morgan fingerprint density at radius 1 is 0.897 bits per heavy atom. The summed E-state index contributed by atoms with van der Waals surface area (Å²) in [5.74, 6) is -1.12. The third-order valence-corrected chi connectivity index (χ3v) is 4.93. The van der Waals surface area contributed by atoms with Crippen molar-refractivity contribution in [3.63, 3.8) is 0 Å². The van der Waals surface area contributed by atoms with Gasteiger partial charge in [-0.05, 0) is 56.7 Å². The summed E-state index contributed by atoms with van der Waals surface area (Å²) in [6, 6.07) is 17.5. The van der Waals surface area contributed by atoms with Crippen LogP contribution in [-0.4, -0.2) is 25.2 Å². The van der Waals surface area contributed by atoms with Crippen LogP contribution in [0.4, 0.5) is 0 Å². The normalized spacial score (nSPS) is 11.0. The molecule has 0 fully saturated rings. The lowest BCUT2D eigenvalue weighted by molar-refractivity contribution is -0.172. The molecule has 0 aliphatic carbocycles. The Hall–Kier alpha value is -2.88. The second-order valence-electron chi connectivity index (χ2n) is 7.22. The summed E-state index contributed by atoms with van der Waals surface area (Å²) in [6.07, 6.45) is 0.966. The highest BCUT2D eigenvalue weighted by molar-refractivity contribution is 6.00. The smallest absolute Gasteiger partial charge is 0.324 e. The number of esters is 2. The van der Waals surface area contributed by atoms with Crippen LogP contribution in [0.15, 0.2) is 66.7 Å². The van der Waals surface area contributed by atoms with Gasteiger partial charge in [-0.2, -0.15) is 0 Å². The van der Waals surface area contributed by atoms with Crippen molar-refractivity contribution in [2.45, 2.75) is 40.0 Å². The predicted molar refractivity (Wildman–Crippen MR) is 114 cm³/mol. The first-order chi connectivity index (χ1) is 13.9. The second kappa shape index (κ2) is 10.6. The molecule has 0 N–H and O–H groups in total. The Labute approximate surface area is 173 Å². The number of allylic oxidation sites excluding steroid dienone is 1. The molecule has 2 aromatic carbocycles. The number of carbonyl (C=O) groups excluding carboxylic acids is 2. The number of rotatable bonds is 10. The molecule has 29 heavy (non-hydrogen) atoms. The fourth-order valence-corrected chi connectivity index (χ4v) is 3.48. The molecule has 0 saturated carbocycles. The van der Waals surface area contributed by atoms with E-state index in [4.69, 9.17) is 9.47 Å². The predicted octanol–water partition coefficient (Wildman–Crippen LogP) is 4.84. The van der Waals surface area contributed by atoms with Crippen molar-refractivity contribution in [1.82, 2.24) is 0 Å². The number of hydrogen-bond donors (Lipinski definition) is 0. The third kappa shape index (κ3) is 5.80. The SMILES string of the molecule is C=C(Cc1ccccc1C)CC(Cc1ccccc1)(C(=O)OCC)C(=O)OCC.